The minimum Gasteiger partial charge on any atom is -0.481 e. The van der Waals surface area contributed by atoms with Crippen LogP contribution in [0, 0.1) is 5.92 Å². The highest BCUT2D eigenvalue weighted by atomic mass is 32.2. The van der Waals surface area contributed by atoms with Crippen LogP contribution >= 0.6 is 0 Å². The zero-order valence-corrected chi connectivity index (χ0v) is 17.0. The van der Waals surface area contributed by atoms with Crippen LogP contribution in [0.2, 0.25) is 0 Å². The lowest BCUT2D eigenvalue weighted by molar-refractivity contribution is -0.134. The van der Waals surface area contributed by atoms with E-state index >= 15 is 0 Å². The Bertz CT molecular complexity index is 627. The number of nitrogens with one attached hydrogen (secondary N) is 1. The van der Waals surface area contributed by atoms with E-state index in [4.69, 9.17) is 14.6 Å². The zero-order chi connectivity index (χ0) is 20.1. The van der Waals surface area contributed by atoms with E-state index in [2.05, 4.69) is 17.3 Å². The van der Waals surface area contributed by atoms with Gasteiger partial charge in [0, 0.05) is 33.1 Å². The van der Waals surface area contributed by atoms with Crippen molar-refractivity contribution in [3.8, 4) is 0 Å². The number of amides is 2. The number of nitrogens with zero attached hydrogens (tertiary/aromatic N) is 2. The molecule has 0 aromatic rings. The Labute approximate surface area is 160 Å². The quantitative estimate of drug-likeness (QED) is 0.665. The Morgan fingerprint density at radius 1 is 1.26 bits per heavy atom. The molecule has 3 heterocycles. The topological polar surface area (TPSA) is 116 Å². The van der Waals surface area contributed by atoms with Gasteiger partial charge >= 0.3 is 6.03 Å². The van der Waals surface area contributed by atoms with Crippen molar-refractivity contribution in [1.29, 1.82) is 0 Å². The number of carboxylic acid groups (broad SMARTS) is 1. The summed E-state index contributed by atoms with van der Waals surface area (Å²) >= 11 is 0. The maximum Gasteiger partial charge on any atom is 0.317 e. The first-order valence-corrected chi connectivity index (χ1v) is 11.2. The second-order valence-electron chi connectivity index (χ2n) is 7.73. The van der Waals surface area contributed by atoms with Gasteiger partial charge in [0.2, 0.25) is 0 Å². The highest BCUT2D eigenvalue weighted by molar-refractivity contribution is 7.91. The number of carboxylic acids is 1. The maximum atomic E-state index is 12.4. The third-order valence-electron chi connectivity index (χ3n) is 5.30. The first-order chi connectivity index (χ1) is 12.6. The Hall–Kier alpha value is -1.39. The maximum absolute atomic E-state index is 12.4. The van der Waals surface area contributed by atoms with Gasteiger partial charge in [-0.15, -0.1) is 0 Å². The molecular formula is C17H31N3O6S. The lowest BCUT2D eigenvalue weighted by Crippen LogP contribution is -2.59. The number of hydrogen-bond donors (Lipinski definition) is 2. The number of likely N-dealkylation sites (tertiary alicyclic amines) is 1. The summed E-state index contributed by atoms with van der Waals surface area (Å²) in [5.41, 5.74) is -0.196. The Kier molecular flexibility index (Phi) is 7.47. The molecule has 0 radical (unpaired) electrons. The van der Waals surface area contributed by atoms with Crippen molar-refractivity contribution >= 4 is 21.8 Å². The SMILES string of the molecule is CC(=O)O.CN1CCC2(CC1)CN(C(=O)NCC1CCS(=O)(=O)C1)CCO2. The third-order valence-corrected chi connectivity index (χ3v) is 7.14. The largest absolute Gasteiger partial charge is 0.481 e. The molecule has 0 aromatic carbocycles. The molecule has 0 bridgehead atoms. The van der Waals surface area contributed by atoms with Crippen molar-refractivity contribution in [3.63, 3.8) is 0 Å². The molecule has 2 N–H and O–H groups in total. The van der Waals surface area contributed by atoms with Crippen LogP contribution in [0.5, 0.6) is 0 Å². The summed E-state index contributed by atoms with van der Waals surface area (Å²) in [5, 5.41) is 10.3. The van der Waals surface area contributed by atoms with Gasteiger partial charge in [-0.3, -0.25) is 4.79 Å². The second kappa shape index (κ2) is 9.20. The molecule has 1 unspecified atom stereocenters. The van der Waals surface area contributed by atoms with Gasteiger partial charge in [0.25, 0.3) is 5.97 Å². The number of ether oxygens (including phenoxy) is 1. The summed E-state index contributed by atoms with van der Waals surface area (Å²) in [6, 6.07) is -0.0871. The number of urea groups is 1. The number of hydrogen-bond acceptors (Lipinski definition) is 6. The summed E-state index contributed by atoms with van der Waals surface area (Å²) in [6.45, 7) is 5.34. The van der Waals surface area contributed by atoms with Crippen molar-refractivity contribution in [3.05, 3.63) is 0 Å². The molecule has 2 amide bonds. The lowest BCUT2D eigenvalue weighted by atomic mass is 9.89. The van der Waals surface area contributed by atoms with Gasteiger partial charge in [-0.1, -0.05) is 0 Å². The molecular weight excluding hydrogens is 374 g/mol. The summed E-state index contributed by atoms with van der Waals surface area (Å²) in [7, 11) is -0.778. The third kappa shape index (κ3) is 6.93. The predicted octanol–water partition coefficient (Wildman–Crippen LogP) is 0.0182. The monoisotopic (exact) mass is 405 g/mol. The molecule has 3 saturated heterocycles. The van der Waals surface area contributed by atoms with Gasteiger partial charge in [-0.2, -0.15) is 0 Å². The molecule has 1 spiro atoms. The molecule has 0 saturated carbocycles. The second-order valence-corrected chi connectivity index (χ2v) is 9.96. The van der Waals surface area contributed by atoms with E-state index in [0.717, 1.165) is 32.9 Å². The molecule has 0 aliphatic carbocycles. The van der Waals surface area contributed by atoms with E-state index in [1.165, 1.54) is 0 Å². The molecule has 3 rings (SSSR count). The fraction of sp³-hybridized carbons (Fsp3) is 0.882. The van der Waals surface area contributed by atoms with Crippen LogP contribution in [-0.2, 0) is 19.4 Å². The van der Waals surface area contributed by atoms with Crippen LogP contribution in [0.1, 0.15) is 26.2 Å². The molecule has 0 aromatic heterocycles. The highest BCUT2D eigenvalue weighted by Crippen LogP contribution is 2.29. The lowest BCUT2D eigenvalue weighted by Gasteiger charge is -2.46. The van der Waals surface area contributed by atoms with Crippen molar-refractivity contribution in [2.45, 2.75) is 31.8 Å². The number of carbonyl (C=O) groups is 2. The fourth-order valence-electron chi connectivity index (χ4n) is 3.72. The van der Waals surface area contributed by atoms with Gasteiger partial charge in [0.15, 0.2) is 9.84 Å². The molecule has 3 aliphatic rings. The number of aliphatic carboxylic acids is 1. The number of sulfone groups is 1. The van der Waals surface area contributed by atoms with Gasteiger partial charge in [0.05, 0.1) is 30.3 Å². The fourth-order valence-corrected chi connectivity index (χ4v) is 5.59. The number of morpholine rings is 1. The van der Waals surface area contributed by atoms with Crippen LogP contribution in [0.3, 0.4) is 0 Å². The smallest absolute Gasteiger partial charge is 0.317 e. The van der Waals surface area contributed by atoms with E-state index < -0.39 is 15.8 Å². The van der Waals surface area contributed by atoms with Crippen LogP contribution < -0.4 is 5.32 Å². The Morgan fingerprint density at radius 3 is 2.44 bits per heavy atom. The molecule has 3 fully saturated rings. The van der Waals surface area contributed by atoms with E-state index in [1.807, 2.05) is 4.90 Å². The van der Waals surface area contributed by atoms with Crippen LogP contribution in [-0.4, -0.2) is 98.8 Å². The number of piperidine rings is 1. The highest BCUT2D eigenvalue weighted by Gasteiger charge is 2.40. The molecule has 1 atom stereocenters. The van der Waals surface area contributed by atoms with E-state index in [-0.39, 0.29) is 29.1 Å². The number of carbonyl (C=O) groups excluding carboxylic acids is 1. The molecule has 156 valence electrons. The predicted molar refractivity (Wildman–Crippen MR) is 100 cm³/mol. The summed E-state index contributed by atoms with van der Waals surface area (Å²) < 4.78 is 29.0. The summed E-state index contributed by atoms with van der Waals surface area (Å²) in [4.78, 5) is 25.5. The van der Waals surface area contributed by atoms with Crippen molar-refractivity contribution in [2.24, 2.45) is 5.92 Å². The van der Waals surface area contributed by atoms with Crippen molar-refractivity contribution in [1.82, 2.24) is 15.1 Å². The van der Waals surface area contributed by atoms with Crippen molar-refractivity contribution in [2.75, 3.05) is 57.9 Å². The number of rotatable bonds is 2. The molecule has 9 nitrogen and oxygen atoms in total. The van der Waals surface area contributed by atoms with Crippen molar-refractivity contribution < 1.29 is 27.9 Å². The van der Waals surface area contributed by atoms with E-state index in [9.17, 15) is 13.2 Å². The molecule has 3 aliphatic heterocycles. The minimum atomic E-state index is -2.89. The zero-order valence-electron chi connectivity index (χ0n) is 16.1. The van der Waals surface area contributed by atoms with Gasteiger partial charge < -0.3 is 25.0 Å². The average molecular weight is 406 g/mol. The van der Waals surface area contributed by atoms with Gasteiger partial charge in [-0.25, -0.2) is 13.2 Å². The molecule has 10 heteroatoms. The van der Waals surface area contributed by atoms with Gasteiger partial charge in [0.1, 0.15) is 0 Å². The van der Waals surface area contributed by atoms with Crippen LogP contribution in [0.25, 0.3) is 0 Å². The van der Waals surface area contributed by atoms with Crippen LogP contribution in [0.15, 0.2) is 0 Å². The summed E-state index contributed by atoms with van der Waals surface area (Å²) in [6.07, 6.45) is 2.56. The average Bonchev–Trinajstić information content (AvgIpc) is 2.94. The summed E-state index contributed by atoms with van der Waals surface area (Å²) in [5.74, 6) is -0.323. The van der Waals surface area contributed by atoms with Crippen LogP contribution in [0.4, 0.5) is 4.79 Å². The van der Waals surface area contributed by atoms with E-state index in [1.54, 1.807) is 0 Å². The molecule has 27 heavy (non-hydrogen) atoms. The first kappa shape index (κ1) is 21.9. The van der Waals surface area contributed by atoms with E-state index in [0.29, 0.717) is 32.7 Å². The normalized spacial score (nSPS) is 26.9. The van der Waals surface area contributed by atoms with Gasteiger partial charge in [-0.05, 0) is 32.2 Å². The first-order valence-electron chi connectivity index (χ1n) is 9.36. The minimum absolute atomic E-state index is 0.0577. The Morgan fingerprint density at radius 2 is 1.89 bits per heavy atom. The standard InChI is InChI=1S/C15H27N3O4S.C2H4O2/c1-17-5-3-15(4-6-17)12-18(7-8-22-15)14(19)16-10-13-2-9-23(20,21)11-13;1-2(3)4/h13H,2-12H2,1H3,(H,16,19);1H3,(H,3,4). The Balaban J connectivity index is 0.000000596.